The summed E-state index contributed by atoms with van der Waals surface area (Å²) in [7, 11) is 0. The van der Waals surface area contributed by atoms with Crippen LogP contribution < -0.4 is 0 Å². The van der Waals surface area contributed by atoms with Crippen LogP contribution in [0, 0.1) is 0 Å². The van der Waals surface area contributed by atoms with Crippen LogP contribution in [0.5, 0.6) is 0 Å². The third kappa shape index (κ3) is 18.0. The predicted molar refractivity (Wildman–Crippen MR) is 30.5 cm³/mol. The van der Waals surface area contributed by atoms with Gasteiger partial charge in [-0.3, -0.25) is 0 Å². The number of carboxylic acid groups (broad SMARTS) is 4. The van der Waals surface area contributed by atoms with E-state index >= 15 is 0 Å². The van der Waals surface area contributed by atoms with Gasteiger partial charge in [0.05, 0.1) is 0 Å². The quantitative estimate of drug-likeness (QED) is 0.372. The summed E-state index contributed by atoms with van der Waals surface area (Å²) >= 11 is 0. The van der Waals surface area contributed by atoms with E-state index in [-0.39, 0.29) is 21.1 Å². The van der Waals surface area contributed by atoms with E-state index in [1.165, 1.54) is 0 Å². The normalized spacial score (nSPS) is 6.77. The molecule has 0 aromatic carbocycles. The van der Waals surface area contributed by atoms with Crippen molar-refractivity contribution in [3.8, 4) is 0 Å². The molecule has 0 amide bonds. The SMILES string of the molecule is O=C(O)C(=O)O.O=C(O)C(=O)O.[W]. The molecule has 0 saturated carbocycles. The van der Waals surface area contributed by atoms with Crippen LogP contribution in [-0.4, -0.2) is 44.3 Å². The first-order valence-electron chi connectivity index (χ1n) is 2.21. The molecule has 0 fully saturated rings. The fraction of sp³-hybridized carbons (Fsp3) is 0. The second-order valence-corrected chi connectivity index (χ2v) is 1.22. The molecule has 0 aromatic heterocycles. The Morgan fingerprint density at radius 2 is 0.615 bits per heavy atom. The molecule has 0 heterocycles. The summed E-state index contributed by atoms with van der Waals surface area (Å²) in [5, 5.41) is 29.6. The van der Waals surface area contributed by atoms with Gasteiger partial charge in [0.25, 0.3) is 0 Å². The average molecular weight is 364 g/mol. The Morgan fingerprint density at radius 1 is 0.538 bits per heavy atom. The maximum absolute atomic E-state index is 9.10. The summed E-state index contributed by atoms with van der Waals surface area (Å²) < 4.78 is 0. The molecular weight excluding hydrogens is 360 g/mol. The molecule has 0 aliphatic rings. The van der Waals surface area contributed by atoms with Gasteiger partial charge in [-0.2, -0.15) is 0 Å². The van der Waals surface area contributed by atoms with E-state index in [9.17, 15) is 0 Å². The van der Waals surface area contributed by atoms with Crippen molar-refractivity contribution in [1.82, 2.24) is 0 Å². The Balaban J connectivity index is -0.000000143. The fourth-order valence-corrected chi connectivity index (χ4v) is 0. The summed E-state index contributed by atoms with van der Waals surface area (Å²) in [6.45, 7) is 0. The zero-order valence-electron chi connectivity index (χ0n) is 5.83. The first-order chi connectivity index (χ1) is 5.29. The number of hydrogen-bond donors (Lipinski definition) is 4. The molecular formula is C4H4O8W. The first-order valence-corrected chi connectivity index (χ1v) is 2.21. The molecule has 0 aliphatic heterocycles. The molecule has 0 radical (unpaired) electrons. The zero-order chi connectivity index (χ0) is 10.3. The van der Waals surface area contributed by atoms with Crippen molar-refractivity contribution >= 4 is 23.9 Å². The molecule has 0 bridgehead atoms. The number of carbonyl (C=O) groups is 4. The van der Waals surface area contributed by atoms with E-state index < -0.39 is 23.9 Å². The van der Waals surface area contributed by atoms with E-state index in [4.69, 9.17) is 39.6 Å². The van der Waals surface area contributed by atoms with E-state index in [1.54, 1.807) is 0 Å². The van der Waals surface area contributed by atoms with Crippen molar-refractivity contribution in [3.05, 3.63) is 0 Å². The van der Waals surface area contributed by atoms with Crippen LogP contribution in [-0.2, 0) is 40.2 Å². The Hall–Kier alpha value is -1.43. The van der Waals surface area contributed by atoms with Gasteiger partial charge >= 0.3 is 23.9 Å². The van der Waals surface area contributed by atoms with Crippen LogP contribution in [0.3, 0.4) is 0 Å². The van der Waals surface area contributed by atoms with Gasteiger partial charge in [-0.05, 0) is 0 Å². The van der Waals surface area contributed by atoms with Gasteiger partial charge in [-0.15, -0.1) is 0 Å². The van der Waals surface area contributed by atoms with E-state index in [0.29, 0.717) is 0 Å². The maximum atomic E-state index is 9.10. The van der Waals surface area contributed by atoms with Crippen molar-refractivity contribution in [2.45, 2.75) is 0 Å². The number of rotatable bonds is 0. The standard InChI is InChI=1S/2C2H2O4.W/c2*3-1(4)2(5)6;/h2*(H,3,4)(H,5,6);. The van der Waals surface area contributed by atoms with Gasteiger partial charge < -0.3 is 20.4 Å². The Kier molecular flexibility index (Phi) is 11.7. The number of aliphatic carboxylic acids is 4. The Morgan fingerprint density at radius 3 is 0.615 bits per heavy atom. The van der Waals surface area contributed by atoms with E-state index in [0.717, 1.165) is 0 Å². The number of hydrogen-bond acceptors (Lipinski definition) is 4. The topological polar surface area (TPSA) is 149 Å². The first kappa shape index (κ1) is 17.6. The van der Waals surface area contributed by atoms with Gasteiger partial charge in [0.2, 0.25) is 0 Å². The van der Waals surface area contributed by atoms with Gasteiger partial charge in [0.15, 0.2) is 0 Å². The summed E-state index contributed by atoms with van der Waals surface area (Å²) in [6.07, 6.45) is 0. The summed E-state index contributed by atoms with van der Waals surface area (Å²) in [5.41, 5.74) is 0. The zero-order valence-corrected chi connectivity index (χ0v) is 8.76. The van der Waals surface area contributed by atoms with Crippen molar-refractivity contribution in [1.29, 1.82) is 0 Å². The minimum Gasteiger partial charge on any atom is -0.473 e. The van der Waals surface area contributed by atoms with Crippen LogP contribution in [0.2, 0.25) is 0 Å². The Bertz CT molecular complexity index is 172. The van der Waals surface area contributed by atoms with Gasteiger partial charge in [0, 0.05) is 21.1 Å². The van der Waals surface area contributed by atoms with E-state index in [2.05, 4.69) is 0 Å². The second kappa shape index (κ2) is 8.66. The average Bonchev–Trinajstić information content (AvgIpc) is 1.88. The van der Waals surface area contributed by atoms with Gasteiger partial charge in [-0.1, -0.05) is 0 Å². The van der Waals surface area contributed by atoms with Gasteiger partial charge in [-0.25, -0.2) is 19.2 Å². The molecule has 0 aromatic rings. The second-order valence-electron chi connectivity index (χ2n) is 1.22. The molecule has 0 spiro atoms. The molecule has 0 saturated heterocycles. The smallest absolute Gasteiger partial charge is 0.414 e. The molecule has 0 rings (SSSR count). The van der Waals surface area contributed by atoms with Crippen LogP contribution in [0.15, 0.2) is 0 Å². The molecule has 8 nitrogen and oxygen atoms in total. The minimum absolute atomic E-state index is 0. The molecule has 74 valence electrons. The van der Waals surface area contributed by atoms with Crippen LogP contribution in [0.25, 0.3) is 0 Å². The predicted octanol–water partition coefficient (Wildman–Crippen LogP) is -1.69. The molecule has 9 heteroatoms. The molecule has 0 atom stereocenters. The molecule has 13 heavy (non-hydrogen) atoms. The van der Waals surface area contributed by atoms with Crippen molar-refractivity contribution in [3.63, 3.8) is 0 Å². The number of carboxylic acids is 4. The summed E-state index contributed by atoms with van der Waals surface area (Å²) in [4.78, 5) is 36.4. The Labute approximate surface area is 85.1 Å². The third-order valence-electron chi connectivity index (χ3n) is 0.366. The molecule has 0 aliphatic carbocycles. The van der Waals surface area contributed by atoms with Gasteiger partial charge in [0.1, 0.15) is 0 Å². The molecule has 0 unspecified atom stereocenters. The monoisotopic (exact) mass is 364 g/mol. The maximum Gasteiger partial charge on any atom is 0.414 e. The molecule has 4 N–H and O–H groups in total. The van der Waals surface area contributed by atoms with Crippen LogP contribution in [0.1, 0.15) is 0 Å². The summed E-state index contributed by atoms with van der Waals surface area (Å²) in [6, 6.07) is 0. The largest absolute Gasteiger partial charge is 0.473 e. The third-order valence-corrected chi connectivity index (χ3v) is 0.366. The fourth-order valence-electron chi connectivity index (χ4n) is 0. The van der Waals surface area contributed by atoms with Crippen LogP contribution >= 0.6 is 0 Å². The summed E-state index contributed by atoms with van der Waals surface area (Å²) in [5.74, 6) is -7.30. The van der Waals surface area contributed by atoms with Crippen molar-refractivity contribution in [2.75, 3.05) is 0 Å². The minimum atomic E-state index is -1.82. The van der Waals surface area contributed by atoms with Crippen molar-refractivity contribution < 1.29 is 60.7 Å². The van der Waals surface area contributed by atoms with Crippen molar-refractivity contribution in [2.24, 2.45) is 0 Å². The van der Waals surface area contributed by atoms with E-state index in [1.807, 2.05) is 0 Å². The van der Waals surface area contributed by atoms with Crippen LogP contribution in [0.4, 0.5) is 0 Å².